The Labute approximate surface area is 110 Å². The molecule has 0 bridgehead atoms. The van der Waals surface area contributed by atoms with Gasteiger partial charge in [0.25, 0.3) is 0 Å². The lowest BCUT2D eigenvalue weighted by atomic mass is 10.1. The number of carboxylic acid groups (broad SMARTS) is 1. The van der Waals surface area contributed by atoms with Crippen LogP contribution in [0.15, 0.2) is 28.9 Å². The molecule has 0 atom stereocenters. The third-order valence-corrected chi connectivity index (χ3v) is 2.74. The van der Waals surface area contributed by atoms with Crippen molar-refractivity contribution in [3.63, 3.8) is 0 Å². The lowest BCUT2D eigenvalue weighted by Crippen LogP contribution is -2.14. The van der Waals surface area contributed by atoms with Crippen LogP contribution in [0, 0.1) is 0 Å². The normalized spacial score (nSPS) is 10.6. The molecule has 0 amide bonds. The molecule has 2 N–H and O–H groups in total. The SMILES string of the molecule is CCc1cccnc1CNCc1cc(C(=O)O)no1. The van der Waals surface area contributed by atoms with Gasteiger partial charge in [0.15, 0.2) is 11.5 Å². The lowest BCUT2D eigenvalue weighted by Gasteiger charge is -2.06. The number of nitrogens with zero attached hydrogens (tertiary/aromatic N) is 2. The van der Waals surface area contributed by atoms with Crippen LogP contribution in [-0.4, -0.2) is 21.2 Å². The smallest absolute Gasteiger partial charge is 0.358 e. The van der Waals surface area contributed by atoms with Crippen molar-refractivity contribution in [1.29, 1.82) is 0 Å². The molecule has 2 aromatic rings. The van der Waals surface area contributed by atoms with Crippen molar-refractivity contribution in [1.82, 2.24) is 15.5 Å². The highest BCUT2D eigenvalue weighted by Gasteiger charge is 2.10. The van der Waals surface area contributed by atoms with Crippen molar-refractivity contribution in [2.45, 2.75) is 26.4 Å². The second kappa shape index (κ2) is 6.10. The van der Waals surface area contributed by atoms with Crippen LogP contribution in [0.25, 0.3) is 0 Å². The molecule has 0 unspecified atom stereocenters. The second-order valence-electron chi connectivity index (χ2n) is 4.05. The highest BCUT2D eigenvalue weighted by atomic mass is 16.5. The van der Waals surface area contributed by atoms with Gasteiger partial charge in [-0.25, -0.2) is 4.79 Å². The van der Waals surface area contributed by atoms with Gasteiger partial charge in [-0.1, -0.05) is 18.1 Å². The summed E-state index contributed by atoms with van der Waals surface area (Å²) in [5.74, 6) is -0.598. The predicted molar refractivity (Wildman–Crippen MR) is 67.6 cm³/mol. The molecule has 6 heteroatoms. The summed E-state index contributed by atoms with van der Waals surface area (Å²) in [7, 11) is 0. The summed E-state index contributed by atoms with van der Waals surface area (Å²) in [6, 6.07) is 5.37. The minimum atomic E-state index is -1.09. The highest BCUT2D eigenvalue weighted by molar-refractivity contribution is 5.85. The molecular weight excluding hydrogens is 246 g/mol. The average molecular weight is 261 g/mol. The Kier molecular flexibility index (Phi) is 4.25. The fourth-order valence-electron chi connectivity index (χ4n) is 1.75. The van der Waals surface area contributed by atoms with Crippen molar-refractivity contribution in [3.05, 3.63) is 47.1 Å². The summed E-state index contributed by atoms with van der Waals surface area (Å²) in [6.07, 6.45) is 2.68. The third-order valence-electron chi connectivity index (χ3n) is 2.74. The number of pyridine rings is 1. The maximum absolute atomic E-state index is 10.6. The Morgan fingerprint density at radius 3 is 3.00 bits per heavy atom. The van der Waals surface area contributed by atoms with Crippen molar-refractivity contribution in [2.24, 2.45) is 0 Å². The maximum Gasteiger partial charge on any atom is 0.358 e. The van der Waals surface area contributed by atoms with E-state index >= 15 is 0 Å². The number of carboxylic acids is 1. The van der Waals surface area contributed by atoms with Crippen LogP contribution >= 0.6 is 0 Å². The quantitative estimate of drug-likeness (QED) is 0.821. The van der Waals surface area contributed by atoms with Crippen LogP contribution in [0.3, 0.4) is 0 Å². The molecule has 0 saturated carbocycles. The van der Waals surface area contributed by atoms with E-state index in [1.165, 1.54) is 11.6 Å². The summed E-state index contributed by atoms with van der Waals surface area (Å²) < 4.78 is 4.91. The first-order chi connectivity index (χ1) is 9.20. The number of nitrogens with one attached hydrogen (secondary N) is 1. The van der Waals surface area contributed by atoms with E-state index < -0.39 is 5.97 Å². The molecule has 0 aliphatic rings. The summed E-state index contributed by atoms with van der Waals surface area (Å²) in [4.78, 5) is 15.0. The van der Waals surface area contributed by atoms with Crippen LogP contribution in [0.1, 0.15) is 34.4 Å². The van der Waals surface area contributed by atoms with Gasteiger partial charge in [-0.2, -0.15) is 0 Å². The number of aromatic nitrogens is 2. The van der Waals surface area contributed by atoms with Crippen LogP contribution in [-0.2, 0) is 19.5 Å². The second-order valence-corrected chi connectivity index (χ2v) is 4.05. The maximum atomic E-state index is 10.6. The molecule has 0 saturated heterocycles. The molecule has 100 valence electrons. The van der Waals surface area contributed by atoms with Gasteiger partial charge in [0.1, 0.15) is 0 Å². The lowest BCUT2D eigenvalue weighted by molar-refractivity contribution is 0.0685. The van der Waals surface area contributed by atoms with Gasteiger partial charge in [0.2, 0.25) is 0 Å². The van der Waals surface area contributed by atoms with Crippen molar-refractivity contribution in [3.8, 4) is 0 Å². The molecule has 2 rings (SSSR count). The fourth-order valence-corrected chi connectivity index (χ4v) is 1.75. The van der Waals surface area contributed by atoms with E-state index in [4.69, 9.17) is 9.63 Å². The molecule has 0 spiro atoms. The van der Waals surface area contributed by atoms with E-state index in [0.29, 0.717) is 18.8 Å². The number of hydrogen-bond donors (Lipinski definition) is 2. The fraction of sp³-hybridized carbons (Fsp3) is 0.308. The molecule has 0 aromatic carbocycles. The summed E-state index contributed by atoms with van der Waals surface area (Å²) in [5.41, 5.74) is 2.10. The van der Waals surface area contributed by atoms with Crippen LogP contribution in [0.2, 0.25) is 0 Å². The predicted octanol–water partition coefficient (Wildman–Crippen LogP) is 1.62. The number of aromatic carboxylic acids is 1. The Morgan fingerprint density at radius 1 is 1.47 bits per heavy atom. The molecule has 0 fully saturated rings. The number of hydrogen-bond acceptors (Lipinski definition) is 5. The molecule has 2 heterocycles. The van der Waals surface area contributed by atoms with E-state index in [0.717, 1.165) is 12.1 Å². The number of rotatable bonds is 6. The minimum Gasteiger partial charge on any atom is -0.476 e. The summed E-state index contributed by atoms with van der Waals surface area (Å²) in [6.45, 7) is 3.10. The Balaban J connectivity index is 1.90. The third kappa shape index (κ3) is 3.38. The largest absolute Gasteiger partial charge is 0.476 e. The van der Waals surface area contributed by atoms with Crippen LogP contribution in [0.5, 0.6) is 0 Å². The zero-order valence-electron chi connectivity index (χ0n) is 10.6. The van der Waals surface area contributed by atoms with Crippen LogP contribution < -0.4 is 5.32 Å². The minimum absolute atomic E-state index is 0.0797. The van der Waals surface area contributed by atoms with Crippen LogP contribution in [0.4, 0.5) is 0 Å². The van der Waals surface area contributed by atoms with Gasteiger partial charge in [-0.15, -0.1) is 0 Å². The van der Waals surface area contributed by atoms with Crippen molar-refractivity contribution in [2.75, 3.05) is 0 Å². The Morgan fingerprint density at radius 2 is 2.32 bits per heavy atom. The van der Waals surface area contributed by atoms with E-state index in [9.17, 15) is 4.79 Å². The monoisotopic (exact) mass is 261 g/mol. The van der Waals surface area contributed by atoms with Crippen molar-refractivity contribution >= 4 is 5.97 Å². The Bertz CT molecular complexity index is 566. The Hall–Kier alpha value is -2.21. The van der Waals surface area contributed by atoms with Gasteiger partial charge < -0.3 is 14.9 Å². The zero-order chi connectivity index (χ0) is 13.7. The number of aryl methyl sites for hydroxylation is 1. The van der Waals surface area contributed by atoms with E-state index in [1.54, 1.807) is 6.20 Å². The average Bonchev–Trinajstić information content (AvgIpc) is 2.88. The standard InChI is InChI=1S/C13H15N3O3/c1-2-9-4-3-5-15-12(9)8-14-7-10-6-11(13(17)18)16-19-10/h3-6,14H,2,7-8H2,1H3,(H,17,18). The van der Waals surface area contributed by atoms with E-state index in [-0.39, 0.29) is 5.69 Å². The summed E-state index contributed by atoms with van der Waals surface area (Å²) >= 11 is 0. The van der Waals surface area contributed by atoms with E-state index in [2.05, 4.69) is 22.4 Å². The molecule has 19 heavy (non-hydrogen) atoms. The first-order valence-corrected chi connectivity index (χ1v) is 6.03. The van der Waals surface area contributed by atoms with Gasteiger partial charge in [-0.05, 0) is 18.1 Å². The molecule has 2 aromatic heterocycles. The molecule has 0 aliphatic carbocycles. The first-order valence-electron chi connectivity index (χ1n) is 6.03. The zero-order valence-corrected chi connectivity index (χ0v) is 10.6. The molecule has 0 aliphatic heterocycles. The van der Waals surface area contributed by atoms with E-state index in [1.807, 2.05) is 12.1 Å². The van der Waals surface area contributed by atoms with Gasteiger partial charge in [-0.3, -0.25) is 4.98 Å². The topological polar surface area (TPSA) is 88.2 Å². The molecule has 6 nitrogen and oxygen atoms in total. The number of carbonyl (C=O) groups is 1. The summed E-state index contributed by atoms with van der Waals surface area (Å²) in [5, 5.41) is 15.3. The highest BCUT2D eigenvalue weighted by Crippen LogP contribution is 2.07. The van der Waals surface area contributed by atoms with Gasteiger partial charge in [0.05, 0.1) is 12.2 Å². The van der Waals surface area contributed by atoms with Gasteiger partial charge in [0, 0.05) is 18.8 Å². The first kappa shape index (κ1) is 13.2. The van der Waals surface area contributed by atoms with Crippen molar-refractivity contribution < 1.29 is 14.4 Å². The molecule has 0 radical (unpaired) electrons. The van der Waals surface area contributed by atoms with Gasteiger partial charge >= 0.3 is 5.97 Å². The molecular formula is C13H15N3O3.